The average molecular weight is 489 g/mol. The molecule has 0 spiro atoms. The van der Waals surface area contributed by atoms with E-state index in [1.165, 1.54) is 37.7 Å². The van der Waals surface area contributed by atoms with Crippen molar-refractivity contribution in [1.29, 1.82) is 0 Å². The van der Waals surface area contributed by atoms with Crippen molar-refractivity contribution < 1.29 is 28.7 Å². The lowest BCUT2D eigenvalue weighted by atomic mass is 10.1. The molecule has 0 aromatic heterocycles. The summed E-state index contributed by atoms with van der Waals surface area (Å²) in [6, 6.07) is 13.7. The summed E-state index contributed by atoms with van der Waals surface area (Å²) in [6.07, 6.45) is 0. The van der Waals surface area contributed by atoms with E-state index in [1.807, 2.05) is 24.3 Å². The van der Waals surface area contributed by atoms with Crippen LogP contribution in [-0.4, -0.2) is 55.1 Å². The van der Waals surface area contributed by atoms with Gasteiger partial charge in [0.1, 0.15) is 5.54 Å². The van der Waals surface area contributed by atoms with Gasteiger partial charge in [-0.25, -0.2) is 14.4 Å². The number of hydrogen-bond donors (Lipinski definition) is 2. The van der Waals surface area contributed by atoms with E-state index in [4.69, 9.17) is 9.47 Å². The predicted molar refractivity (Wildman–Crippen MR) is 127 cm³/mol. The number of carbonyl (C=O) groups is 4. The van der Waals surface area contributed by atoms with E-state index < -0.39 is 29.4 Å². The Hall–Kier alpha value is -2.98. The van der Waals surface area contributed by atoms with Gasteiger partial charge in [0.15, 0.2) is 0 Å². The summed E-state index contributed by atoms with van der Waals surface area (Å²) in [5, 5.41) is 5.08. The van der Waals surface area contributed by atoms with Gasteiger partial charge in [0.25, 0.3) is 5.91 Å². The Labute approximate surface area is 200 Å². The van der Waals surface area contributed by atoms with E-state index in [0.717, 1.165) is 11.1 Å². The van der Waals surface area contributed by atoms with Crippen LogP contribution in [0.25, 0.3) is 0 Å². The van der Waals surface area contributed by atoms with Gasteiger partial charge >= 0.3 is 18.0 Å². The van der Waals surface area contributed by atoms with Crippen LogP contribution < -0.4 is 10.6 Å². The average Bonchev–Trinajstić information content (AvgIpc) is 3.11. The number of hydrogen-bond acceptors (Lipinski definition) is 8. The number of amides is 3. The topological polar surface area (TPSA) is 111 Å². The fraction of sp³-hybridized carbons (Fsp3) is 0.304. The van der Waals surface area contributed by atoms with Gasteiger partial charge < -0.3 is 14.8 Å². The maximum Gasteiger partial charge on any atom is 0.338 e. The van der Waals surface area contributed by atoms with Crippen LogP contribution in [0.3, 0.4) is 0 Å². The van der Waals surface area contributed by atoms with Crippen LogP contribution in [0.2, 0.25) is 0 Å². The van der Waals surface area contributed by atoms with Gasteiger partial charge in [-0.1, -0.05) is 36.4 Å². The molecule has 8 nitrogen and oxygen atoms in total. The summed E-state index contributed by atoms with van der Waals surface area (Å²) in [7, 11) is 2.66. The highest BCUT2D eigenvalue weighted by molar-refractivity contribution is 7.99. The van der Waals surface area contributed by atoms with Crippen molar-refractivity contribution in [2.24, 2.45) is 0 Å². The maximum atomic E-state index is 12.7. The van der Waals surface area contributed by atoms with E-state index in [9.17, 15) is 19.2 Å². The summed E-state index contributed by atoms with van der Waals surface area (Å²) < 4.78 is 9.66. The maximum absolute atomic E-state index is 12.7. The van der Waals surface area contributed by atoms with Crippen LogP contribution in [0.15, 0.2) is 48.5 Å². The Balaban J connectivity index is 1.67. The molecule has 33 heavy (non-hydrogen) atoms. The molecule has 1 aliphatic heterocycles. The molecule has 0 unspecified atom stereocenters. The van der Waals surface area contributed by atoms with Crippen molar-refractivity contribution in [3.63, 3.8) is 0 Å². The van der Waals surface area contributed by atoms with Crippen molar-refractivity contribution in [1.82, 2.24) is 10.6 Å². The number of methoxy groups -OCH3 is 2. The minimum atomic E-state index is -1.10. The second-order valence-electron chi connectivity index (χ2n) is 7.27. The van der Waals surface area contributed by atoms with E-state index in [1.54, 1.807) is 24.3 Å². The number of thioether (sulfide) groups is 2. The summed E-state index contributed by atoms with van der Waals surface area (Å²) in [4.78, 5) is 48.6. The molecule has 2 aromatic carbocycles. The van der Waals surface area contributed by atoms with Crippen LogP contribution in [0.5, 0.6) is 0 Å². The first kappa shape index (κ1) is 24.7. The molecule has 1 aliphatic rings. The SMILES string of the molecule is COC(=O)c1ccccc1CSCC1(CSCc2ccccc2C(=O)OC)NC(=O)NC1=O. The van der Waals surface area contributed by atoms with Crippen molar-refractivity contribution in [3.05, 3.63) is 70.8 Å². The van der Waals surface area contributed by atoms with Crippen LogP contribution in [0, 0.1) is 0 Å². The molecule has 3 amide bonds. The molecule has 2 aromatic rings. The van der Waals surface area contributed by atoms with Gasteiger partial charge in [-0.2, -0.15) is 23.5 Å². The molecule has 0 atom stereocenters. The predicted octanol–water partition coefficient (Wildman–Crippen LogP) is 3.00. The molecule has 0 bridgehead atoms. The Morgan fingerprint density at radius 2 is 1.27 bits per heavy atom. The molecule has 0 radical (unpaired) electrons. The number of imide groups is 1. The minimum absolute atomic E-state index is 0.311. The standard InChI is InChI=1S/C23H24N2O6S2/c1-30-19(26)17-9-5-3-7-15(17)11-32-13-23(21(28)24-22(29)25-23)14-33-12-16-8-4-6-10-18(16)20(27)31-2/h3-10H,11-14H2,1-2H3,(H2,24,25,28,29). The summed E-state index contributed by atoms with van der Waals surface area (Å²) in [5.41, 5.74) is 1.40. The first-order valence-corrected chi connectivity index (χ1v) is 12.3. The molecule has 0 saturated carbocycles. The molecular weight excluding hydrogens is 464 g/mol. The van der Waals surface area contributed by atoms with Crippen molar-refractivity contribution in [3.8, 4) is 0 Å². The van der Waals surface area contributed by atoms with Crippen molar-refractivity contribution in [2.75, 3.05) is 25.7 Å². The highest BCUT2D eigenvalue weighted by atomic mass is 32.2. The van der Waals surface area contributed by atoms with E-state index in [0.29, 0.717) is 34.1 Å². The molecule has 10 heteroatoms. The Morgan fingerprint density at radius 3 is 1.67 bits per heavy atom. The minimum Gasteiger partial charge on any atom is -0.465 e. The third-order valence-corrected chi connectivity index (χ3v) is 7.50. The Bertz CT molecular complexity index is 993. The van der Waals surface area contributed by atoms with E-state index >= 15 is 0 Å². The monoisotopic (exact) mass is 488 g/mol. The van der Waals surface area contributed by atoms with Gasteiger partial charge in [-0.15, -0.1) is 0 Å². The first-order chi connectivity index (χ1) is 15.9. The van der Waals surface area contributed by atoms with Crippen LogP contribution in [0.1, 0.15) is 31.8 Å². The second-order valence-corrected chi connectivity index (χ2v) is 9.24. The number of urea groups is 1. The van der Waals surface area contributed by atoms with Crippen LogP contribution in [-0.2, 0) is 25.8 Å². The number of carbonyl (C=O) groups excluding carboxylic acids is 4. The zero-order valence-electron chi connectivity index (χ0n) is 18.2. The number of rotatable bonds is 10. The van der Waals surface area contributed by atoms with Gasteiger partial charge in [0.05, 0.1) is 25.3 Å². The summed E-state index contributed by atoms with van der Waals surface area (Å²) >= 11 is 2.87. The molecule has 2 N–H and O–H groups in total. The third-order valence-electron chi connectivity index (χ3n) is 5.07. The van der Waals surface area contributed by atoms with E-state index in [2.05, 4.69) is 10.6 Å². The fourth-order valence-electron chi connectivity index (χ4n) is 3.35. The first-order valence-electron chi connectivity index (χ1n) is 10.0. The lowest BCUT2D eigenvalue weighted by Gasteiger charge is -2.25. The zero-order chi connectivity index (χ0) is 23.8. The molecular formula is C23H24N2O6S2. The molecule has 174 valence electrons. The Morgan fingerprint density at radius 1 is 0.818 bits per heavy atom. The summed E-state index contributed by atoms with van der Waals surface area (Å²) in [6.45, 7) is 0. The lowest BCUT2D eigenvalue weighted by Crippen LogP contribution is -2.51. The van der Waals surface area contributed by atoms with Gasteiger partial charge in [0, 0.05) is 23.0 Å². The van der Waals surface area contributed by atoms with Gasteiger partial charge in [-0.05, 0) is 23.3 Å². The number of ether oxygens (including phenoxy) is 2. The second kappa shape index (κ2) is 11.2. The summed E-state index contributed by atoms with van der Waals surface area (Å²) in [5.74, 6) is 0.311. The number of nitrogens with one attached hydrogen (secondary N) is 2. The van der Waals surface area contributed by atoms with Gasteiger partial charge in [0.2, 0.25) is 0 Å². The Kier molecular flexibility index (Phi) is 8.40. The molecule has 1 fully saturated rings. The van der Waals surface area contributed by atoms with Gasteiger partial charge in [-0.3, -0.25) is 10.1 Å². The highest BCUT2D eigenvalue weighted by Crippen LogP contribution is 2.28. The highest BCUT2D eigenvalue weighted by Gasteiger charge is 2.46. The zero-order valence-corrected chi connectivity index (χ0v) is 19.8. The van der Waals surface area contributed by atoms with E-state index in [-0.39, 0.29) is 0 Å². The molecule has 3 rings (SSSR count). The van der Waals surface area contributed by atoms with Crippen molar-refractivity contribution in [2.45, 2.75) is 17.0 Å². The quantitative estimate of drug-likeness (QED) is 0.388. The number of benzene rings is 2. The smallest absolute Gasteiger partial charge is 0.338 e. The largest absolute Gasteiger partial charge is 0.465 e. The normalized spacial score (nSPS) is 14.4. The number of esters is 2. The van der Waals surface area contributed by atoms with Crippen LogP contribution >= 0.6 is 23.5 Å². The third kappa shape index (κ3) is 5.88. The fourth-order valence-corrected chi connectivity index (χ4v) is 5.94. The molecule has 1 heterocycles. The van der Waals surface area contributed by atoms with Crippen molar-refractivity contribution >= 4 is 47.4 Å². The molecule has 0 aliphatic carbocycles. The lowest BCUT2D eigenvalue weighted by molar-refractivity contribution is -0.122. The molecule has 1 saturated heterocycles. The van der Waals surface area contributed by atoms with Crippen LogP contribution in [0.4, 0.5) is 4.79 Å².